The third-order valence-electron chi connectivity index (χ3n) is 4.89. The lowest BCUT2D eigenvalue weighted by Gasteiger charge is -2.33. The molecule has 148 valence electrons. The van der Waals surface area contributed by atoms with Crippen LogP contribution in [0.3, 0.4) is 0 Å². The van der Waals surface area contributed by atoms with Gasteiger partial charge in [0.2, 0.25) is 0 Å². The Morgan fingerprint density at radius 3 is 2.61 bits per heavy atom. The van der Waals surface area contributed by atoms with Crippen molar-refractivity contribution in [1.82, 2.24) is 15.2 Å². The van der Waals surface area contributed by atoms with Crippen molar-refractivity contribution >= 4 is 28.8 Å². The molecule has 0 bridgehead atoms. The van der Waals surface area contributed by atoms with Crippen molar-refractivity contribution in [2.45, 2.75) is 6.54 Å². The normalized spacial score (nSPS) is 16.5. The summed E-state index contributed by atoms with van der Waals surface area (Å²) >= 11 is 5.41. The molecule has 2 aliphatic rings. The van der Waals surface area contributed by atoms with Gasteiger partial charge in [0.1, 0.15) is 19.0 Å². The van der Waals surface area contributed by atoms with Crippen molar-refractivity contribution in [1.29, 1.82) is 0 Å². The second-order valence-electron chi connectivity index (χ2n) is 6.98. The molecule has 0 spiro atoms. The minimum absolute atomic E-state index is 0.559. The molecule has 8 heteroatoms. The molecule has 28 heavy (non-hydrogen) atoms. The summed E-state index contributed by atoms with van der Waals surface area (Å²) in [5, 5.41) is 6.96. The molecule has 4 rings (SSSR count). The van der Waals surface area contributed by atoms with E-state index in [0.29, 0.717) is 24.9 Å². The predicted molar refractivity (Wildman–Crippen MR) is 114 cm³/mol. The molecule has 2 aromatic rings. The number of nitrogens with one attached hydrogen (secondary N) is 2. The predicted octanol–water partition coefficient (Wildman–Crippen LogP) is 2.09. The van der Waals surface area contributed by atoms with Crippen molar-refractivity contribution in [3.8, 4) is 11.5 Å². The lowest BCUT2D eigenvalue weighted by Crippen LogP contribution is -2.44. The molecule has 7 nitrogen and oxygen atoms in total. The zero-order valence-electron chi connectivity index (χ0n) is 16.0. The van der Waals surface area contributed by atoms with Gasteiger partial charge in [0.25, 0.3) is 0 Å². The molecule has 1 aromatic heterocycles. The number of rotatable bonds is 4. The van der Waals surface area contributed by atoms with E-state index in [0.717, 1.165) is 54.7 Å². The molecule has 0 aliphatic carbocycles. The van der Waals surface area contributed by atoms with Crippen LogP contribution in [0.15, 0.2) is 36.5 Å². The second-order valence-corrected chi connectivity index (χ2v) is 7.39. The minimum atomic E-state index is 0.559. The molecule has 1 fully saturated rings. The smallest absolute Gasteiger partial charge is 0.171 e. The lowest BCUT2D eigenvalue weighted by molar-refractivity contribution is 0.171. The highest BCUT2D eigenvalue weighted by molar-refractivity contribution is 7.80. The van der Waals surface area contributed by atoms with E-state index >= 15 is 0 Å². The molecule has 1 aromatic carbocycles. The van der Waals surface area contributed by atoms with Crippen LogP contribution in [0.5, 0.6) is 11.5 Å². The number of hydrogen-bond acceptors (Lipinski definition) is 6. The highest BCUT2D eigenvalue weighted by Crippen LogP contribution is 2.30. The van der Waals surface area contributed by atoms with E-state index < -0.39 is 0 Å². The van der Waals surface area contributed by atoms with Crippen LogP contribution in [0.2, 0.25) is 0 Å². The summed E-state index contributed by atoms with van der Waals surface area (Å²) in [6.45, 7) is 5.93. The lowest BCUT2D eigenvalue weighted by atomic mass is 10.2. The monoisotopic (exact) mass is 399 g/mol. The molecule has 0 atom stereocenters. The number of thiocarbonyl (C=S) groups is 1. The summed E-state index contributed by atoms with van der Waals surface area (Å²) in [6, 6.07) is 9.98. The number of pyridine rings is 1. The maximum atomic E-state index is 5.62. The van der Waals surface area contributed by atoms with Gasteiger partial charge in [-0.05, 0) is 49.1 Å². The van der Waals surface area contributed by atoms with Crippen molar-refractivity contribution in [3.05, 3.63) is 42.1 Å². The van der Waals surface area contributed by atoms with Gasteiger partial charge in [-0.15, -0.1) is 0 Å². The first-order chi connectivity index (χ1) is 13.7. The first kappa shape index (κ1) is 18.8. The highest BCUT2D eigenvalue weighted by Gasteiger charge is 2.15. The molecular formula is C20H25N5O2S. The molecule has 0 unspecified atom stereocenters. The highest BCUT2D eigenvalue weighted by atomic mass is 32.1. The Kier molecular flexibility index (Phi) is 5.78. The van der Waals surface area contributed by atoms with Crippen molar-refractivity contribution in [3.63, 3.8) is 0 Å². The summed E-state index contributed by atoms with van der Waals surface area (Å²) in [6.07, 6.45) is 1.83. The summed E-state index contributed by atoms with van der Waals surface area (Å²) in [4.78, 5) is 9.21. The van der Waals surface area contributed by atoms with Crippen LogP contribution in [0.1, 0.15) is 5.56 Å². The van der Waals surface area contributed by atoms with Gasteiger partial charge in [0.15, 0.2) is 16.6 Å². The number of benzene rings is 1. The topological polar surface area (TPSA) is 61.9 Å². The second kappa shape index (κ2) is 8.62. The van der Waals surface area contributed by atoms with Crippen LogP contribution in [0, 0.1) is 0 Å². The van der Waals surface area contributed by atoms with Crippen LogP contribution in [0.4, 0.5) is 11.5 Å². The van der Waals surface area contributed by atoms with E-state index in [4.69, 9.17) is 21.7 Å². The van der Waals surface area contributed by atoms with Crippen LogP contribution in [-0.4, -0.2) is 61.4 Å². The van der Waals surface area contributed by atoms with E-state index in [-0.39, 0.29) is 0 Å². The Bertz CT molecular complexity index is 822. The summed E-state index contributed by atoms with van der Waals surface area (Å²) in [5.74, 6) is 2.59. The largest absolute Gasteiger partial charge is 0.486 e. The van der Waals surface area contributed by atoms with Gasteiger partial charge in [0, 0.05) is 32.7 Å². The fourth-order valence-electron chi connectivity index (χ4n) is 3.24. The number of anilines is 2. The fourth-order valence-corrected chi connectivity index (χ4v) is 3.43. The quantitative estimate of drug-likeness (QED) is 0.758. The van der Waals surface area contributed by atoms with Gasteiger partial charge in [-0.3, -0.25) is 0 Å². The molecule has 3 heterocycles. The SMILES string of the molecule is CN1CCN(c2ccc(NC(=S)NCc3ccc4c(c3)OCCO4)cn2)CC1. The van der Waals surface area contributed by atoms with Gasteiger partial charge in [-0.1, -0.05) is 6.07 Å². The third kappa shape index (κ3) is 4.63. The molecule has 1 saturated heterocycles. The zero-order valence-corrected chi connectivity index (χ0v) is 16.8. The average Bonchev–Trinajstić information content (AvgIpc) is 2.73. The van der Waals surface area contributed by atoms with Crippen LogP contribution in [-0.2, 0) is 6.54 Å². The van der Waals surface area contributed by atoms with Crippen molar-refractivity contribution in [2.24, 2.45) is 0 Å². The molecular weight excluding hydrogens is 374 g/mol. The molecule has 0 saturated carbocycles. The van der Waals surface area contributed by atoms with Crippen molar-refractivity contribution < 1.29 is 9.47 Å². The van der Waals surface area contributed by atoms with Crippen molar-refractivity contribution in [2.75, 3.05) is 56.7 Å². The standard InChI is InChI=1S/C20H25N5O2S/c1-24-6-8-25(9-7-24)19-5-3-16(14-21-19)23-20(28)22-13-15-2-4-17-18(12-15)27-11-10-26-17/h2-5,12,14H,6-11,13H2,1H3,(H2,22,23,28). The first-order valence-corrected chi connectivity index (χ1v) is 9.91. The Morgan fingerprint density at radius 1 is 1.07 bits per heavy atom. The maximum absolute atomic E-state index is 5.62. The number of piperazine rings is 1. The Balaban J connectivity index is 1.28. The number of nitrogens with zero attached hydrogens (tertiary/aromatic N) is 3. The van der Waals surface area contributed by atoms with E-state index in [2.05, 4.69) is 32.5 Å². The minimum Gasteiger partial charge on any atom is -0.486 e. The van der Waals surface area contributed by atoms with Gasteiger partial charge < -0.3 is 29.9 Å². The fraction of sp³-hybridized carbons (Fsp3) is 0.400. The molecule has 0 amide bonds. The van der Waals surface area contributed by atoms with E-state index in [9.17, 15) is 0 Å². The van der Waals surface area contributed by atoms with Gasteiger partial charge in [-0.25, -0.2) is 4.98 Å². The Hall–Kier alpha value is -2.58. The van der Waals surface area contributed by atoms with Gasteiger partial charge in [-0.2, -0.15) is 0 Å². The van der Waals surface area contributed by atoms with Crippen LogP contribution >= 0.6 is 12.2 Å². The van der Waals surface area contributed by atoms with Crippen LogP contribution < -0.4 is 25.0 Å². The summed E-state index contributed by atoms with van der Waals surface area (Å²) < 4.78 is 11.2. The van der Waals surface area contributed by atoms with Gasteiger partial charge in [0.05, 0.1) is 11.9 Å². The molecule has 0 radical (unpaired) electrons. The van der Waals surface area contributed by atoms with E-state index in [1.54, 1.807) is 0 Å². The number of ether oxygens (including phenoxy) is 2. The Morgan fingerprint density at radius 2 is 1.86 bits per heavy atom. The average molecular weight is 400 g/mol. The zero-order chi connectivity index (χ0) is 19.3. The van der Waals surface area contributed by atoms with E-state index in [1.165, 1.54) is 0 Å². The first-order valence-electron chi connectivity index (χ1n) is 9.50. The van der Waals surface area contributed by atoms with Gasteiger partial charge >= 0.3 is 0 Å². The third-order valence-corrected chi connectivity index (χ3v) is 5.14. The summed E-state index contributed by atoms with van der Waals surface area (Å²) in [7, 11) is 2.15. The molecule has 2 aliphatic heterocycles. The van der Waals surface area contributed by atoms with Crippen LogP contribution in [0.25, 0.3) is 0 Å². The van der Waals surface area contributed by atoms with E-state index in [1.807, 2.05) is 36.5 Å². The Labute approximate surface area is 170 Å². The maximum Gasteiger partial charge on any atom is 0.171 e. The summed E-state index contributed by atoms with van der Waals surface area (Å²) in [5.41, 5.74) is 1.95. The number of likely N-dealkylation sites (N-methyl/N-ethyl adjacent to an activating group) is 1. The number of fused-ring (bicyclic) bond motifs is 1. The number of hydrogen-bond donors (Lipinski definition) is 2. The number of aromatic nitrogens is 1. The molecule has 2 N–H and O–H groups in total.